The topological polar surface area (TPSA) is 82.1 Å². The number of aromatic nitrogens is 4. The normalized spacial score (nSPS) is 19.2. The lowest BCUT2D eigenvalue weighted by molar-refractivity contribution is 0.000455. The minimum atomic E-state index is -1.08. The molecule has 0 saturated carbocycles. The number of rotatable bonds is 6. The second-order valence-corrected chi connectivity index (χ2v) is 10.3. The van der Waals surface area contributed by atoms with Crippen molar-refractivity contribution in [2.75, 3.05) is 18.8 Å². The highest BCUT2D eigenvalue weighted by molar-refractivity contribution is 5.98. The maximum atomic E-state index is 15.7. The number of hydrogen-bond donors (Lipinski definition) is 1. The van der Waals surface area contributed by atoms with Crippen LogP contribution >= 0.6 is 0 Å². The molecule has 36 heavy (non-hydrogen) atoms. The predicted octanol–water partition coefficient (Wildman–Crippen LogP) is 5.89. The lowest BCUT2D eigenvalue weighted by Crippen LogP contribution is -2.54. The van der Waals surface area contributed by atoms with Crippen LogP contribution in [-0.2, 0) is 0 Å². The van der Waals surface area contributed by atoms with Crippen LogP contribution in [0.3, 0.4) is 0 Å². The van der Waals surface area contributed by atoms with Crippen LogP contribution in [0.2, 0.25) is 0 Å². The summed E-state index contributed by atoms with van der Waals surface area (Å²) < 4.78 is 23.3. The number of benzene rings is 2. The molecule has 0 amide bonds. The SMILES string of the molecule is CC(C)C(C)(C)N1CC[C@@H](n2nc(-c3ccc(Oc4ccccc4)cc3)c3c(N)ncnc32)[C@H](F)C1. The summed E-state index contributed by atoms with van der Waals surface area (Å²) in [6.07, 6.45) is 0.979. The van der Waals surface area contributed by atoms with E-state index in [0.717, 1.165) is 17.9 Å². The van der Waals surface area contributed by atoms with Crippen molar-refractivity contribution >= 4 is 16.9 Å². The zero-order chi connectivity index (χ0) is 25.4. The minimum Gasteiger partial charge on any atom is -0.457 e. The largest absolute Gasteiger partial charge is 0.457 e. The molecule has 5 rings (SSSR count). The molecule has 0 aliphatic carbocycles. The first kappa shape index (κ1) is 24.2. The molecule has 4 aromatic rings. The van der Waals surface area contributed by atoms with E-state index in [1.807, 2.05) is 54.6 Å². The van der Waals surface area contributed by atoms with Gasteiger partial charge in [-0.25, -0.2) is 19.0 Å². The molecule has 188 valence electrons. The van der Waals surface area contributed by atoms with Gasteiger partial charge in [0.25, 0.3) is 0 Å². The first-order chi connectivity index (χ1) is 17.3. The molecule has 1 fully saturated rings. The van der Waals surface area contributed by atoms with E-state index < -0.39 is 12.2 Å². The van der Waals surface area contributed by atoms with Gasteiger partial charge in [-0.15, -0.1) is 0 Å². The maximum Gasteiger partial charge on any atom is 0.164 e. The van der Waals surface area contributed by atoms with Crippen LogP contribution in [0.4, 0.5) is 10.2 Å². The molecule has 0 radical (unpaired) electrons. The zero-order valence-electron chi connectivity index (χ0n) is 21.2. The van der Waals surface area contributed by atoms with E-state index in [1.165, 1.54) is 6.33 Å². The summed E-state index contributed by atoms with van der Waals surface area (Å²) in [4.78, 5) is 10.9. The average molecular weight is 489 g/mol. The van der Waals surface area contributed by atoms with Crippen LogP contribution in [0.15, 0.2) is 60.9 Å². The maximum absolute atomic E-state index is 15.7. The number of anilines is 1. The van der Waals surface area contributed by atoms with Crippen molar-refractivity contribution in [1.29, 1.82) is 0 Å². The van der Waals surface area contributed by atoms with E-state index in [9.17, 15) is 0 Å². The van der Waals surface area contributed by atoms with Gasteiger partial charge in [-0.3, -0.25) is 4.90 Å². The molecule has 0 spiro atoms. The number of nitrogen functional groups attached to an aromatic ring is 1. The number of hydrogen-bond acceptors (Lipinski definition) is 6. The lowest BCUT2D eigenvalue weighted by Gasteiger charge is -2.46. The van der Waals surface area contributed by atoms with Gasteiger partial charge in [-0.05, 0) is 62.6 Å². The molecule has 3 heterocycles. The Balaban J connectivity index is 1.46. The van der Waals surface area contributed by atoms with Gasteiger partial charge in [0.05, 0.1) is 11.4 Å². The molecule has 2 N–H and O–H groups in total. The van der Waals surface area contributed by atoms with Crippen molar-refractivity contribution in [3.8, 4) is 22.8 Å². The quantitative estimate of drug-likeness (QED) is 0.365. The standard InChI is InChI=1S/C28H33FN6O/c1-18(2)28(3,4)34-15-14-23(22(29)16-34)35-27-24(26(30)31-17-32-27)25(33-35)19-10-12-21(13-11-19)36-20-8-6-5-7-9-20/h5-13,17-18,22-23H,14-16H2,1-4H3,(H2,30,31,32)/t22-,23-/m1/s1. The van der Waals surface area contributed by atoms with Gasteiger partial charge in [-0.1, -0.05) is 32.0 Å². The monoisotopic (exact) mass is 488 g/mol. The Labute approximate surface area is 211 Å². The highest BCUT2D eigenvalue weighted by atomic mass is 19.1. The highest BCUT2D eigenvalue weighted by Gasteiger charge is 2.39. The summed E-state index contributed by atoms with van der Waals surface area (Å²) in [5.74, 6) is 2.22. The number of nitrogens with two attached hydrogens (primary N) is 1. The van der Waals surface area contributed by atoms with Gasteiger partial charge in [0.2, 0.25) is 0 Å². The molecule has 2 aromatic carbocycles. The van der Waals surface area contributed by atoms with Crippen molar-refractivity contribution in [3.05, 3.63) is 60.9 Å². The molecule has 2 aromatic heterocycles. The second kappa shape index (κ2) is 9.50. The molecule has 0 bridgehead atoms. The Morgan fingerprint density at radius 3 is 2.39 bits per heavy atom. The summed E-state index contributed by atoms with van der Waals surface area (Å²) in [5.41, 5.74) is 8.25. The van der Waals surface area contributed by atoms with Gasteiger partial charge in [-0.2, -0.15) is 5.10 Å². The Morgan fingerprint density at radius 2 is 1.72 bits per heavy atom. The van der Waals surface area contributed by atoms with Crippen LogP contribution in [-0.4, -0.2) is 49.4 Å². The Morgan fingerprint density at radius 1 is 1.03 bits per heavy atom. The number of likely N-dealkylation sites (tertiary alicyclic amines) is 1. The minimum absolute atomic E-state index is 0.0805. The Bertz CT molecular complexity index is 1340. The number of ether oxygens (including phenoxy) is 1. The summed E-state index contributed by atoms with van der Waals surface area (Å²) in [6.45, 7) is 9.89. The molecule has 1 aliphatic rings. The van der Waals surface area contributed by atoms with Crippen LogP contribution in [0.1, 0.15) is 40.2 Å². The van der Waals surface area contributed by atoms with E-state index >= 15 is 4.39 Å². The number of para-hydroxylation sites is 1. The van der Waals surface area contributed by atoms with Gasteiger partial charge in [0.1, 0.15) is 35.5 Å². The first-order valence-corrected chi connectivity index (χ1v) is 12.5. The number of fused-ring (bicyclic) bond motifs is 1. The Hall–Kier alpha value is -3.52. The van der Waals surface area contributed by atoms with Crippen LogP contribution in [0, 0.1) is 5.92 Å². The zero-order valence-corrected chi connectivity index (χ0v) is 21.2. The van der Waals surface area contributed by atoms with Crippen LogP contribution in [0.25, 0.3) is 22.3 Å². The van der Waals surface area contributed by atoms with E-state index in [4.69, 9.17) is 15.6 Å². The third kappa shape index (κ3) is 4.41. The molecule has 7 nitrogen and oxygen atoms in total. The van der Waals surface area contributed by atoms with Crippen molar-refractivity contribution in [1.82, 2.24) is 24.6 Å². The van der Waals surface area contributed by atoms with Gasteiger partial charge >= 0.3 is 0 Å². The van der Waals surface area contributed by atoms with Crippen LogP contribution < -0.4 is 10.5 Å². The molecule has 0 unspecified atom stereocenters. The third-order valence-corrected chi connectivity index (χ3v) is 7.67. The summed E-state index contributed by atoms with van der Waals surface area (Å²) in [6, 6.07) is 16.8. The lowest BCUT2D eigenvalue weighted by atomic mass is 9.86. The molecule has 8 heteroatoms. The van der Waals surface area contributed by atoms with E-state index in [2.05, 4.69) is 42.6 Å². The molecule has 2 atom stereocenters. The summed E-state index contributed by atoms with van der Waals surface area (Å²) in [7, 11) is 0. The number of piperidine rings is 1. The summed E-state index contributed by atoms with van der Waals surface area (Å²) >= 11 is 0. The fourth-order valence-electron chi connectivity index (χ4n) is 4.79. The molecular formula is C28H33FN6O. The fraction of sp³-hybridized carbons (Fsp3) is 0.393. The first-order valence-electron chi connectivity index (χ1n) is 12.5. The molecule has 1 saturated heterocycles. The van der Waals surface area contributed by atoms with E-state index in [0.29, 0.717) is 47.2 Å². The van der Waals surface area contributed by atoms with Crippen LogP contribution in [0.5, 0.6) is 11.5 Å². The molecule has 1 aliphatic heterocycles. The fourth-order valence-corrected chi connectivity index (χ4v) is 4.79. The van der Waals surface area contributed by atoms with Gasteiger partial charge in [0.15, 0.2) is 5.65 Å². The van der Waals surface area contributed by atoms with Crippen molar-refractivity contribution < 1.29 is 9.13 Å². The van der Waals surface area contributed by atoms with Crippen molar-refractivity contribution in [2.45, 2.75) is 51.9 Å². The number of alkyl halides is 1. The van der Waals surface area contributed by atoms with Crippen molar-refractivity contribution in [3.63, 3.8) is 0 Å². The average Bonchev–Trinajstić information content (AvgIpc) is 3.26. The van der Waals surface area contributed by atoms with Crippen molar-refractivity contribution in [2.24, 2.45) is 5.92 Å². The highest BCUT2D eigenvalue weighted by Crippen LogP contribution is 2.37. The smallest absolute Gasteiger partial charge is 0.164 e. The molecular weight excluding hydrogens is 455 g/mol. The second-order valence-electron chi connectivity index (χ2n) is 10.3. The predicted molar refractivity (Wildman–Crippen MR) is 141 cm³/mol. The number of nitrogens with zero attached hydrogens (tertiary/aromatic N) is 5. The summed E-state index contributed by atoms with van der Waals surface area (Å²) in [5, 5.41) is 5.51. The van der Waals surface area contributed by atoms with E-state index in [-0.39, 0.29) is 5.54 Å². The van der Waals surface area contributed by atoms with E-state index in [1.54, 1.807) is 4.68 Å². The van der Waals surface area contributed by atoms with Gasteiger partial charge < -0.3 is 10.5 Å². The van der Waals surface area contributed by atoms with Gasteiger partial charge in [0, 0.05) is 24.2 Å². The number of halogens is 1. The third-order valence-electron chi connectivity index (χ3n) is 7.67. The Kier molecular flexibility index (Phi) is 6.38.